The van der Waals surface area contributed by atoms with E-state index in [0.29, 0.717) is 19.8 Å². The molecule has 21 heavy (non-hydrogen) atoms. The van der Waals surface area contributed by atoms with E-state index in [-0.39, 0.29) is 18.1 Å². The summed E-state index contributed by atoms with van der Waals surface area (Å²) >= 11 is 0. The molecule has 1 N–H and O–H groups in total. The predicted molar refractivity (Wildman–Crippen MR) is 81.2 cm³/mol. The predicted octanol–water partition coefficient (Wildman–Crippen LogP) is 1.94. The van der Waals surface area contributed by atoms with Gasteiger partial charge in [0.05, 0.1) is 13.2 Å². The summed E-state index contributed by atoms with van der Waals surface area (Å²) in [5, 5.41) is 3.34. The van der Waals surface area contributed by atoms with Crippen molar-refractivity contribution in [3.63, 3.8) is 0 Å². The maximum Gasteiger partial charge on any atom is 0.241 e. The molecule has 1 heterocycles. The van der Waals surface area contributed by atoms with Crippen molar-refractivity contribution in [1.82, 2.24) is 10.2 Å². The first-order valence-electron chi connectivity index (χ1n) is 7.45. The lowest BCUT2D eigenvalue weighted by molar-refractivity contribution is -0.130. The molecule has 2 atom stereocenters. The Morgan fingerprint density at radius 1 is 1.38 bits per heavy atom. The number of nitrogens with zero attached hydrogens (tertiary/aromatic N) is 1. The number of carbonyl (C=O) groups excluding carboxylic acids is 1. The Kier molecular flexibility index (Phi) is 5.59. The van der Waals surface area contributed by atoms with Crippen LogP contribution in [0, 0.1) is 0 Å². The van der Waals surface area contributed by atoms with E-state index >= 15 is 0 Å². The normalized spacial score (nSPS) is 21.9. The molecule has 1 saturated heterocycles. The number of nitrogens with one attached hydrogen (secondary N) is 1. The summed E-state index contributed by atoms with van der Waals surface area (Å²) in [5.41, 5.74) is 1.04. The van der Waals surface area contributed by atoms with Gasteiger partial charge in [-0.2, -0.15) is 0 Å². The topological polar surface area (TPSA) is 50.8 Å². The van der Waals surface area contributed by atoms with Gasteiger partial charge in [-0.05, 0) is 38.0 Å². The van der Waals surface area contributed by atoms with E-state index in [1.165, 1.54) is 0 Å². The molecule has 0 bridgehead atoms. The van der Waals surface area contributed by atoms with Gasteiger partial charge in [-0.15, -0.1) is 0 Å². The summed E-state index contributed by atoms with van der Waals surface area (Å²) in [6.45, 7) is 5.96. The fraction of sp³-hybridized carbons (Fsp3) is 0.562. The minimum Gasteiger partial charge on any atom is -0.497 e. The lowest BCUT2D eigenvalue weighted by atomic mass is 10.1. The van der Waals surface area contributed by atoms with Gasteiger partial charge in [0, 0.05) is 19.8 Å². The molecule has 5 nitrogen and oxygen atoms in total. The van der Waals surface area contributed by atoms with Gasteiger partial charge in [-0.3, -0.25) is 10.1 Å². The van der Waals surface area contributed by atoms with Crippen molar-refractivity contribution in [3.8, 4) is 5.75 Å². The van der Waals surface area contributed by atoms with Crippen LogP contribution in [-0.4, -0.2) is 43.7 Å². The second kappa shape index (κ2) is 7.43. The minimum absolute atomic E-state index is 0.0933. The number of hydrogen-bond acceptors (Lipinski definition) is 4. The van der Waals surface area contributed by atoms with Crippen LogP contribution in [0.15, 0.2) is 24.3 Å². The first kappa shape index (κ1) is 15.8. The number of methoxy groups -OCH3 is 1. The van der Waals surface area contributed by atoms with E-state index in [0.717, 1.165) is 17.7 Å². The number of benzene rings is 1. The average Bonchev–Trinajstić information content (AvgIpc) is 2.79. The fourth-order valence-electron chi connectivity index (χ4n) is 2.58. The van der Waals surface area contributed by atoms with Crippen molar-refractivity contribution < 1.29 is 14.3 Å². The molecule has 116 valence electrons. The molecule has 1 aliphatic rings. The van der Waals surface area contributed by atoms with E-state index in [2.05, 4.69) is 5.32 Å². The average molecular weight is 292 g/mol. The van der Waals surface area contributed by atoms with Crippen LogP contribution >= 0.6 is 0 Å². The molecule has 1 amide bonds. The largest absolute Gasteiger partial charge is 0.497 e. The van der Waals surface area contributed by atoms with Gasteiger partial charge in [0.2, 0.25) is 5.91 Å². The third-order valence-corrected chi connectivity index (χ3v) is 3.67. The standard InChI is InChI=1S/C16H24N2O3/c1-4-21-10-6-9-18-15(17-12(2)16(18)19)13-7-5-8-14(11-13)20-3/h5,7-8,11-12,15,17H,4,6,9-10H2,1-3H3. The Morgan fingerprint density at radius 3 is 2.90 bits per heavy atom. The van der Waals surface area contributed by atoms with Gasteiger partial charge in [0.25, 0.3) is 0 Å². The zero-order chi connectivity index (χ0) is 15.2. The third-order valence-electron chi connectivity index (χ3n) is 3.67. The number of amides is 1. The molecule has 2 unspecified atom stereocenters. The highest BCUT2D eigenvalue weighted by atomic mass is 16.5. The number of carbonyl (C=O) groups is 1. The van der Waals surface area contributed by atoms with Gasteiger partial charge in [-0.25, -0.2) is 0 Å². The third kappa shape index (κ3) is 3.74. The van der Waals surface area contributed by atoms with Crippen molar-refractivity contribution in [1.29, 1.82) is 0 Å². The molecule has 1 aromatic rings. The van der Waals surface area contributed by atoms with Crippen LogP contribution in [0.25, 0.3) is 0 Å². The Balaban J connectivity index is 2.09. The molecule has 0 spiro atoms. The monoisotopic (exact) mass is 292 g/mol. The molecule has 0 aromatic heterocycles. The second-order valence-electron chi connectivity index (χ2n) is 5.15. The summed E-state index contributed by atoms with van der Waals surface area (Å²) in [7, 11) is 1.65. The van der Waals surface area contributed by atoms with Crippen LogP contribution < -0.4 is 10.1 Å². The van der Waals surface area contributed by atoms with E-state index in [1.807, 2.05) is 43.0 Å². The van der Waals surface area contributed by atoms with Crippen molar-refractivity contribution in [2.45, 2.75) is 32.5 Å². The van der Waals surface area contributed by atoms with E-state index in [9.17, 15) is 4.79 Å². The smallest absolute Gasteiger partial charge is 0.241 e. The molecular weight excluding hydrogens is 268 g/mol. The summed E-state index contributed by atoms with van der Waals surface area (Å²) < 4.78 is 10.6. The fourth-order valence-corrected chi connectivity index (χ4v) is 2.58. The first-order chi connectivity index (χ1) is 10.2. The summed E-state index contributed by atoms with van der Waals surface area (Å²) in [4.78, 5) is 14.2. The highest BCUT2D eigenvalue weighted by molar-refractivity contribution is 5.84. The molecule has 2 rings (SSSR count). The van der Waals surface area contributed by atoms with Crippen LogP contribution in [0.3, 0.4) is 0 Å². The number of hydrogen-bond donors (Lipinski definition) is 1. The Bertz CT molecular complexity index is 478. The van der Waals surface area contributed by atoms with Crippen LogP contribution in [0.4, 0.5) is 0 Å². The molecule has 0 saturated carbocycles. The summed E-state index contributed by atoms with van der Waals surface area (Å²) in [6, 6.07) is 7.68. The zero-order valence-corrected chi connectivity index (χ0v) is 13.0. The second-order valence-corrected chi connectivity index (χ2v) is 5.15. The quantitative estimate of drug-likeness (QED) is 0.780. The van der Waals surface area contributed by atoms with Gasteiger partial charge in [0.1, 0.15) is 11.9 Å². The molecule has 5 heteroatoms. The SMILES string of the molecule is CCOCCCN1C(=O)C(C)NC1c1cccc(OC)c1. The van der Waals surface area contributed by atoms with Gasteiger partial charge >= 0.3 is 0 Å². The van der Waals surface area contributed by atoms with Crippen LogP contribution in [0.1, 0.15) is 32.0 Å². The summed E-state index contributed by atoms with van der Waals surface area (Å²) in [5.74, 6) is 0.940. The lowest BCUT2D eigenvalue weighted by Crippen LogP contribution is -2.32. The molecule has 1 fully saturated rings. The first-order valence-corrected chi connectivity index (χ1v) is 7.45. The molecular formula is C16H24N2O3. The Morgan fingerprint density at radius 2 is 2.19 bits per heavy atom. The van der Waals surface area contributed by atoms with Crippen molar-refractivity contribution in [3.05, 3.63) is 29.8 Å². The van der Waals surface area contributed by atoms with Crippen LogP contribution in [0.5, 0.6) is 5.75 Å². The van der Waals surface area contributed by atoms with Gasteiger partial charge in [0.15, 0.2) is 0 Å². The van der Waals surface area contributed by atoms with Crippen LogP contribution in [-0.2, 0) is 9.53 Å². The molecule has 1 aliphatic heterocycles. The molecule has 1 aromatic carbocycles. The number of rotatable bonds is 7. The maximum atomic E-state index is 12.3. The lowest BCUT2D eigenvalue weighted by Gasteiger charge is -2.24. The molecule has 0 aliphatic carbocycles. The number of ether oxygens (including phenoxy) is 2. The Hall–Kier alpha value is -1.59. The van der Waals surface area contributed by atoms with E-state index in [4.69, 9.17) is 9.47 Å². The zero-order valence-electron chi connectivity index (χ0n) is 13.0. The van der Waals surface area contributed by atoms with Crippen LogP contribution in [0.2, 0.25) is 0 Å². The molecule has 0 radical (unpaired) electrons. The Labute approximate surface area is 126 Å². The van der Waals surface area contributed by atoms with Crippen molar-refractivity contribution >= 4 is 5.91 Å². The van der Waals surface area contributed by atoms with E-state index < -0.39 is 0 Å². The van der Waals surface area contributed by atoms with E-state index in [1.54, 1.807) is 7.11 Å². The summed E-state index contributed by atoms with van der Waals surface area (Å²) in [6.07, 6.45) is 0.748. The van der Waals surface area contributed by atoms with Gasteiger partial charge < -0.3 is 14.4 Å². The maximum absolute atomic E-state index is 12.3. The minimum atomic E-state index is -0.159. The van der Waals surface area contributed by atoms with Crippen molar-refractivity contribution in [2.24, 2.45) is 0 Å². The van der Waals surface area contributed by atoms with Gasteiger partial charge in [-0.1, -0.05) is 12.1 Å². The van der Waals surface area contributed by atoms with Crippen molar-refractivity contribution in [2.75, 3.05) is 26.9 Å². The highest BCUT2D eigenvalue weighted by Crippen LogP contribution is 2.27. The highest BCUT2D eigenvalue weighted by Gasteiger charge is 2.36.